The Hall–Kier alpha value is -1.06. The second-order valence-electron chi connectivity index (χ2n) is 4.34. The largest absolute Gasteiger partial charge is 0.494 e. The maximum atomic E-state index is 5.66. The van der Waals surface area contributed by atoms with Gasteiger partial charge in [-0.1, -0.05) is 19.1 Å². The Kier molecular flexibility index (Phi) is 8.26. The first kappa shape index (κ1) is 15.0. The average Bonchev–Trinajstić information content (AvgIpc) is 2.37. The molecule has 18 heavy (non-hydrogen) atoms. The van der Waals surface area contributed by atoms with Gasteiger partial charge in [0.15, 0.2) is 0 Å². The summed E-state index contributed by atoms with van der Waals surface area (Å²) in [5, 5.41) is 3.23. The molecule has 0 saturated heterocycles. The van der Waals surface area contributed by atoms with E-state index >= 15 is 0 Å². The van der Waals surface area contributed by atoms with Crippen molar-refractivity contribution in [2.24, 2.45) is 0 Å². The number of rotatable bonds is 10. The van der Waals surface area contributed by atoms with Crippen molar-refractivity contribution in [1.82, 2.24) is 5.32 Å². The maximum Gasteiger partial charge on any atom is 0.119 e. The SMILES string of the molecule is CCNCCOCCCCOc1cccc(C)c1. The van der Waals surface area contributed by atoms with E-state index in [9.17, 15) is 0 Å². The van der Waals surface area contributed by atoms with Crippen molar-refractivity contribution in [1.29, 1.82) is 0 Å². The second-order valence-corrected chi connectivity index (χ2v) is 4.34. The minimum atomic E-state index is 0.764. The minimum absolute atomic E-state index is 0.764. The normalized spacial score (nSPS) is 10.6. The van der Waals surface area contributed by atoms with Gasteiger partial charge in [0, 0.05) is 13.2 Å². The van der Waals surface area contributed by atoms with E-state index in [1.807, 2.05) is 12.1 Å². The van der Waals surface area contributed by atoms with Gasteiger partial charge in [-0.05, 0) is 44.0 Å². The Morgan fingerprint density at radius 3 is 2.72 bits per heavy atom. The summed E-state index contributed by atoms with van der Waals surface area (Å²) in [6.45, 7) is 8.51. The van der Waals surface area contributed by atoms with Crippen LogP contribution in [-0.2, 0) is 4.74 Å². The highest BCUT2D eigenvalue weighted by molar-refractivity contribution is 5.27. The highest BCUT2D eigenvalue weighted by Crippen LogP contribution is 2.12. The molecule has 1 rings (SSSR count). The van der Waals surface area contributed by atoms with Gasteiger partial charge in [0.05, 0.1) is 13.2 Å². The highest BCUT2D eigenvalue weighted by Gasteiger charge is 1.94. The number of likely N-dealkylation sites (N-methyl/N-ethyl adjacent to an activating group) is 1. The quantitative estimate of drug-likeness (QED) is 0.649. The van der Waals surface area contributed by atoms with Crippen molar-refractivity contribution < 1.29 is 9.47 Å². The van der Waals surface area contributed by atoms with E-state index in [1.54, 1.807) is 0 Å². The van der Waals surface area contributed by atoms with Gasteiger partial charge < -0.3 is 14.8 Å². The lowest BCUT2D eigenvalue weighted by molar-refractivity contribution is 0.128. The summed E-state index contributed by atoms with van der Waals surface area (Å²) in [6, 6.07) is 8.16. The lowest BCUT2D eigenvalue weighted by atomic mass is 10.2. The van der Waals surface area contributed by atoms with E-state index in [1.165, 1.54) is 5.56 Å². The number of hydrogen-bond donors (Lipinski definition) is 1. The molecule has 102 valence electrons. The molecule has 1 aromatic rings. The number of nitrogens with one attached hydrogen (secondary N) is 1. The van der Waals surface area contributed by atoms with Crippen LogP contribution < -0.4 is 10.1 Å². The number of ether oxygens (including phenoxy) is 2. The molecule has 0 aliphatic heterocycles. The molecule has 1 N–H and O–H groups in total. The van der Waals surface area contributed by atoms with Crippen molar-refractivity contribution in [3.05, 3.63) is 29.8 Å². The molecule has 0 aliphatic rings. The van der Waals surface area contributed by atoms with E-state index in [0.717, 1.165) is 51.5 Å². The monoisotopic (exact) mass is 251 g/mol. The van der Waals surface area contributed by atoms with Crippen molar-refractivity contribution in [3.8, 4) is 5.75 Å². The second kappa shape index (κ2) is 9.92. The number of aryl methyl sites for hydroxylation is 1. The summed E-state index contributed by atoms with van der Waals surface area (Å²) in [5.41, 5.74) is 1.24. The molecule has 3 heteroatoms. The number of benzene rings is 1. The minimum Gasteiger partial charge on any atom is -0.494 e. The van der Waals surface area contributed by atoms with Gasteiger partial charge in [-0.15, -0.1) is 0 Å². The average molecular weight is 251 g/mol. The van der Waals surface area contributed by atoms with Gasteiger partial charge in [0.1, 0.15) is 5.75 Å². The molecule has 0 aliphatic carbocycles. The molecule has 3 nitrogen and oxygen atoms in total. The summed E-state index contributed by atoms with van der Waals surface area (Å²) < 4.78 is 11.2. The third-order valence-corrected chi connectivity index (χ3v) is 2.61. The first-order valence-electron chi connectivity index (χ1n) is 6.81. The first-order valence-corrected chi connectivity index (χ1v) is 6.81. The molecule has 0 unspecified atom stereocenters. The zero-order valence-corrected chi connectivity index (χ0v) is 11.6. The fourth-order valence-electron chi connectivity index (χ4n) is 1.62. The van der Waals surface area contributed by atoms with E-state index in [0.29, 0.717) is 0 Å². The van der Waals surface area contributed by atoms with Crippen LogP contribution in [0.3, 0.4) is 0 Å². The topological polar surface area (TPSA) is 30.5 Å². The molecular formula is C15H25NO2. The first-order chi connectivity index (χ1) is 8.83. The Bertz CT molecular complexity index is 315. The van der Waals surface area contributed by atoms with Crippen LogP contribution in [0.2, 0.25) is 0 Å². The summed E-state index contributed by atoms with van der Waals surface area (Å²) in [5.74, 6) is 0.961. The molecule has 0 heterocycles. The lowest BCUT2D eigenvalue weighted by Gasteiger charge is -2.07. The van der Waals surface area contributed by atoms with Crippen LogP contribution in [0, 0.1) is 6.92 Å². The predicted octanol–water partition coefficient (Wildman–Crippen LogP) is 2.78. The summed E-state index contributed by atoms with van der Waals surface area (Å²) in [7, 11) is 0. The van der Waals surface area contributed by atoms with E-state index in [4.69, 9.17) is 9.47 Å². The molecule has 0 amide bonds. The molecule has 0 atom stereocenters. The van der Waals surface area contributed by atoms with Gasteiger partial charge in [-0.2, -0.15) is 0 Å². The van der Waals surface area contributed by atoms with Gasteiger partial charge in [-0.3, -0.25) is 0 Å². The number of unbranched alkanes of at least 4 members (excludes halogenated alkanes) is 1. The number of hydrogen-bond acceptors (Lipinski definition) is 3. The van der Waals surface area contributed by atoms with Crippen LogP contribution in [0.1, 0.15) is 25.3 Å². The van der Waals surface area contributed by atoms with Crippen LogP contribution in [0.5, 0.6) is 5.75 Å². The van der Waals surface area contributed by atoms with Gasteiger partial charge in [0.25, 0.3) is 0 Å². The molecular weight excluding hydrogens is 226 g/mol. The van der Waals surface area contributed by atoms with Crippen molar-refractivity contribution >= 4 is 0 Å². The van der Waals surface area contributed by atoms with Crippen LogP contribution in [0.4, 0.5) is 0 Å². The Balaban J connectivity index is 1.92. The highest BCUT2D eigenvalue weighted by atomic mass is 16.5. The predicted molar refractivity (Wildman–Crippen MR) is 75.3 cm³/mol. The van der Waals surface area contributed by atoms with Crippen molar-refractivity contribution in [3.63, 3.8) is 0 Å². The molecule has 0 fully saturated rings. The zero-order valence-electron chi connectivity index (χ0n) is 11.6. The lowest BCUT2D eigenvalue weighted by Crippen LogP contribution is -2.19. The van der Waals surface area contributed by atoms with E-state index in [-0.39, 0.29) is 0 Å². The third kappa shape index (κ3) is 7.30. The van der Waals surface area contributed by atoms with Crippen molar-refractivity contribution in [2.75, 3.05) is 32.9 Å². The smallest absolute Gasteiger partial charge is 0.119 e. The van der Waals surface area contributed by atoms with Crippen LogP contribution in [-0.4, -0.2) is 32.9 Å². The summed E-state index contributed by atoms with van der Waals surface area (Å²) in [6.07, 6.45) is 2.09. The van der Waals surface area contributed by atoms with Crippen LogP contribution >= 0.6 is 0 Å². The third-order valence-electron chi connectivity index (χ3n) is 2.61. The van der Waals surface area contributed by atoms with E-state index in [2.05, 4.69) is 31.3 Å². The standard InChI is InChI=1S/C15H25NO2/c1-3-16-9-12-17-10-4-5-11-18-15-8-6-7-14(2)13-15/h6-8,13,16H,3-5,9-12H2,1-2H3. The molecule has 0 aromatic heterocycles. The fourth-order valence-corrected chi connectivity index (χ4v) is 1.62. The Labute approximate surface area is 110 Å². The molecule has 1 aromatic carbocycles. The Morgan fingerprint density at radius 1 is 1.11 bits per heavy atom. The van der Waals surface area contributed by atoms with Crippen LogP contribution in [0.15, 0.2) is 24.3 Å². The van der Waals surface area contributed by atoms with Gasteiger partial charge in [-0.25, -0.2) is 0 Å². The molecule has 0 spiro atoms. The van der Waals surface area contributed by atoms with E-state index < -0.39 is 0 Å². The van der Waals surface area contributed by atoms with Crippen LogP contribution in [0.25, 0.3) is 0 Å². The Morgan fingerprint density at radius 2 is 1.94 bits per heavy atom. The van der Waals surface area contributed by atoms with Gasteiger partial charge >= 0.3 is 0 Å². The molecule has 0 saturated carbocycles. The van der Waals surface area contributed by atoms with Gasteiger partial charge in [0.2, 0.25) is 0 Å². The maximum absolute atomic E-state index is 5.66. The zero-order chi connectivity index (χ0) is 13.1. The summed E-state index contributed by atoms with van der Waals surface area (Å²) >= 11 is 0. The van der Waals surface area contributed by atoms with Crippen molar-refractivity contribution in [2.45, 2.75) is 26.7 Å². The molecule has 0 bridgehead atoms. The molecule has 0 radical (unpaired) electrons. The summed E-state index contributed by atoms with van der Waals surface area (Å²) in [4.78, 5) is 0. The fraction of sp³-hybridized carbons (Fsp3) is 0.600.